The largest absolute Gasteiger partial charge is 0.306 e. The smallest absolute Gasteiger partial charge is 0.266 e. The number of anilines is 1. The number of hydrogen-bond acceptors (Lipinski definition) is 5. The number of benzene rings is 1. The molecule has 120 valence electrons. The molecule has 0 spiro atoms. The number of thiophene rings is 1. The maximum absolute atomic E-state index is 12.3. The molecule has 0 saturated carbocycles. The molecule has 0 aliphatic rings. The number of thiazole rings is 1. The van der Waals surface area contributed by atoms with Gasteiger partial charge in [0.1, 0.15) is 11.3 Å². The fraction of sp³-hybridized carbons (Fsp3) is 0.0625. The summed E-state index contributed by atoms with van der Waals surface area (Å²) in [6, 6.07) is 11.1. The van der Waals surface area contributed by atoms with Crippen molar-refractivity contribution in [3.05, 3.63) is 57.4 Å². The molecule has 0 unspecified atom stereocenters. The molecule has 1 aromatic carbocycles. The highest BCUT2D eigenvalue weighted by Gasteiger charge is 2.16. The van der Waals surface area contributed by atoms with E-state index in [2.05, 4.69) is 15.4 Å². The minimum atomic E-state index is -0.162. The zero-order valence-electron chi connectivity index (χ0n) is 12.5. The highest BCUT2D eigenvalue weighted by molar-refractivity contribution is 7.20. The lowest BCUT2D eigenvalue weighted by molar-refractivity contribution is 0.103. The molecule has 3 aromatic heterocycles. The van der Waals surface area contributed by atoms with Crippen LogP contribution in [-0.4, -0.2) is 20.7 Å². The number of nitrogens with zero attached hydrogens (tertiary/aromatic N) is 3. The normalized spacial score (nSPS) is 11.1. The molecule has 0 radical (unpaired) electrons. The summed E-state index contributed by atoms with van der Waals surface area (Å²) in [5.74, 6) is 0.423. The van der Waals surface area contributed by atoms with Gasteiger partial charge in [0, 0.05) is 6.07 Å². The van der Waals surface area contributed by atoms with Gasteiger partial charge >= 0.3 is 0 Å². The van der Waals surface area contributed by atoms with E-state index < -0.39 is 0 Å². The van der Waals surface area contributed by atoms with E-state index >= 15 is 0 Å². The van der Waals surface area contributed by atoms with Crippen molar-refractivity contribution < 1.29 is 4.79 Å². The molecule has 8 heteroatoms. The molecule has 0 fully saturated rings. The van der Waals surface area contributed by atoms with E-state index in [9.17, 15) is 4.79 Å². The molecular weight excluding hydrogens is 364 g/mol. The van der Waals surface area contributed by atoms with Crippen molar-refractivity contribution in [2.45, 2.75) is 6.92 Å². The van der Waals surface area contributed by atoms with Crippen LogP contribution >= 0.6 is 34.3 Å². The standard InChI is InChI=1S/C16H11ClN4OS2/c1-9-8-13(18-15(22)12-6-3-7-23-12)21(20-9)16-19-14-10(17)4-2-5-11(14)24-16/h2-8H,1H3,(H,18,22). The Morgan fingerprint density at radius 2 is 2.17 bits per heavy atom. The number of nitrogens with one attached hydrogen (secondary N) is 1. The topological polar surface area (TPSA) is 59.8 Å². The van der Waals surface area contributed by atoms with Gasteiger partial charge in [-0.25, -0.2) is 4.98 Å². The summed E-state index contributed by atoms with van der Waals surface area (Å²) in [6.45, 7) is 1.87. The molecule has 4 aromatic rings. The number of carbonyl (C=O) groups is 1. The van der Waals surface area contributed by atoms with E-state index in [-0.39, 0.29) is 5.91 Å². The van der Waals surface area contributed by atoms with Gasteiger partial charge in [-0.2, -0.15) is 9.78 Å². The van der Waals surface area contributed by atoms with Crippen LogP contribution in [0.1, 0.15) is 15.4 Å². The van der Waals surface area contributed by atoms with Gasteiger partial charge in [0.15, 0.2) is 0 Å². The monoisotopic (exact) mass is 374 g/mol. The first-order valence-corrected chi connectivity index (χ1v) is 9.16. The number of halogens is 1. The molecule has 24 heavy (non-hydrogen) atoms. The molecule has 5 nitrogen and oxygen atoms in total. The predicted molar refractivity (Wildman–Crippen MR) is 98.8 cm³/mol. The van der Waals surface area contributed by atoms with Gasteiger partial charge < -0.3 is 5.32 Å². The Morgan fingerprint density at radius 1 is 1.29 bits per heavy atom. The molecule has 0 aliphatic heterocycles. The first-order chi connectivity index (χ1) is 11.6. The summed E-state index contributed by atoms with van der Waals surface area (Å²) < 4.78 is 2.61. The van der Waals surface area contributed by atoms with E-state index in [1.165, 1.54) is 22.7 Å². The molecule has 0 aliphatic carbocycles. The van der Waals surface area contributed by atoms with Crippen LogP contribution in [-0.2, 0) is 0 Å². The second-order valence-corrected chi connectivity index (χ2v) is 7.46. The Labute approximate surface area is 150 Å². The minimum Gasteiger partial charge on any atom is -0.306 e. The molecule has 0 atom stereocenters. The Bertz CT molecular complexity index is 1040. The third kappa shape index (κ3) is 2.71. The van der Waals surface area contributed by atoms with Crippen LogP contribution in [0.4, 0.5) is 5.82 Å². The molecule has 0 bridgehead atoms. The summed E-state index contributed by atoms with van der Waals surface area (Å²) >= 11 is 9.07. The van der Waals surface area contributed by atoms with Gasteiger partial charge in [-0.3, -0.25) is 4.79 Å². The number of fused-ring (bicyclic) bond motifs is 1. The van der Waals surface area contributed by atoms with Crippen molar-refractivity contribution in [2.24, 2.45) is 0 Å². The van der Waals surface area contributed by atoms with Crippen LogP contribution in [0.3, 0.4) is 0 Å². The van der Waals surface area contributed by atoms with Gasteiger partial charge in [0.2, 0.25) is 5.13 Å². The third-order valence-electron chi connectivity index (χ3n) is 3.36. The van der Waals surface area contributed by atoms with Crippen molar-refractivity contribution >= 4 is 56.2 Å². The van der Waals surface area contributed by atoms with Crippen molar-refractivity contribution in [3.8, 4) is 5.13 Å². The van der Waals surface area contributed by atoms with E-state index in [0.717, 1.165) is 15.9 Å². The number of aryl methyl sites for hydroxylation is 1. The average Bonchev–Trinajstić information content (AvgIpc) is 3.26. The van der Waals surface area contributed by atoms with Crippen molar-refractivity contribution in [3.63, 3.8) is 0 Å². The third-order valence-corrected chi connectivity index (χ3v) is 5.53. The first-order valence-electron chi connectivity index (χ1n) is 7.09. The summed E-state index contributed by atoms with van der Waals surface area (Å²) in [5.41, 5.74) is 1.53. The Kier molecular flexibility index (Phi) is 3.84. The summed E-state index contributed by atoms with van der Waals surface area (Å²) in [7, 11) is 0. The van der Waals surface area contributed by atoms with Gasteiger partial charge in [-0.1, -0.05) is 35.1 Å². The minimum absolute atomic E-state index is 0.162. The molecule has 4 rings (SSSR count). The molecule has 1 amide bonds. The van der Waals surface area contributed by atoms with Gasteiger partial charge in [0.25, 0.3) is 5.91 Å². The Balaban J connectivity index is 1.75. The predicted octanol–water partition coefficient (Wildman–Crippen LogP) is 4.76. The zero-order valence-corrected chi connectivity index (χ0v) is 14.9. The van der Waals surface area contributed by atoms with E-state index in [1.807, 2.05) is 36.6 Å². The summed E-state index contributed by atoms with van der Waals surface area (Å²) in [6.07, 6.45) is 0. The quantitative estimate of drug-likeness (QED) is 0.562. The number of para-hydroxylation sites is 1. The van der Waals surface area contributed by atoms with Gasteiger partial charge in [-0.15, -0.1) is 11.3 Å². The number of carbonyl (C=O) groups excluding carboxylic acids is 1. The zero-order chi connectivity index (χ0) is 16.7. The van der Waals surface area contributed by atoms with Crippen LogP contribution in [0.15, 0.2) is 41.8 Å². The highest BCUT2D eigenvalue weighted by Crippen LogP contribution is 2.31. The molecule has 3 heterocycles. The molecule has 1 N–H and O–H groups in total. The fourth-order valence-electron chi connectivity index (χ4n) is 2.31. The molecular formula is C16H11ClN4OS2. The number of aromatic nitrogens is 3. The van der Waals surface area contributed by atoms with Crippen molar-refractivity contribution in [1.82, 2.24) is 14.8 Å². The lowest BCUT2D eigenvalue weighted by Crippen LogP contribution is -2.13. The number of hydrogen-bond donors (Lipinski definition) is 1. The SMILES string of the molecule is Cc1cc(NC(=O)c2cccs2)n(-c2nc3c(Cl)cccc3s2)n1. The van der Waals surface area contributed by atoms with E-state index in [1.54, 1.807) is 16.8 Å². The lowest BCUT2D eigenvalue weighted by Gasteiger charge is -2.04. The lowest BCUT2D eigenvalue weighted by atomic mass is 10.3. The highest BCUT2D eigenvalue weighted by atomic mass is 35.5. The maximum atomic E-state index is 12.3. The van der Waals surface area contributed by atoms with E-state index in [0.29, 0.717) is 20.8 Å². The van der Waals surface area contributed by atoms with Crippen LogP contribution < -0.4 is 5.32 Å². The van der Waals surface area contributed by atoms with Crippen LogP contribution in [0.2, 0.25) is 5.02 Å². The van der Waals surface area contributed by atoms with Gasteiger partial charge in [-0.05, 0) is 30.5 Å². The summed E-state index contributed by atoms with van der Waals surface area (Å²) in [5, 5.41) is 10.5. The summed E-state index contributed by atoms with van der Waals surface area (Å²) in [4.78, 5) is 17.5. The van der Waals surface area contributed by atoms with Gasteiger partial charge in [0.05, 0.1) is 20.3 Å². The molecule has 0 saturated heterocycles. The Hall–Kier alpha value is -2.22. The van der Waals surface area contributed by atoms with Crippen LogP contribution in [0.25, 0.3) is 15.3 Å². The van der Waals surface area contributed by atoms with Crippen LogP contribution in [0, 0.1) is 6.92 Å². The van der Waals surface area contributed by atoms with E-state index in [4.69, 9.17) is 11.6 Å². The van der Waals surface area contributed by atoms with Crippen molar-refractivity contribution in [2.75, 3.05) is 5.32 Å². The maximum Gasteiger partial charge on any atom is 0.266 e. The number of rotatable bonds is 3. The number of amides is 1. The second kappa shape index (κ2) is 6.01. The van der Waals surface area contributed by atoms with Crippen LogP contribution in [0.5, 0.6) is 0 Å². The average molecular weight is 375 g/mol. The van der Waals surface area contributed by atoms with Crippen molar-refractivity contribution in [1.29, 1.82) is 0 Å². The second-order valence-electron chi connectivity index (χ2n) is 5.10. The Morgan fingerprint density at radius 3 is 2.92 bits per heavy atom. The fourth-order valence-corrected chi connectivity index (χ4v) is 4.16. The first kappa shape index (κ1) is 15.3.